The lowest BCUT2D eigenvalue weighted by molar-refractivity contribution is -0.0945. The average Bonchev–Trinajstić information content (AvgIpc) is 2.45. The third-order valence-electron chi connectivity index (χ3n) is 3.99. The van der Waals surface area contributed by atoms with E-state index in [2.05, 4.69) is 6.92 Å². The minimum absolute atomic E-state index is 0.220. The van der Waals surface area contributed by atoms with Crippen LogP contribution in [0.1, 0.15) is 59.8 Å². The molecule has 0 aliphatic carbocycles. The van der Waals surface area contributed by atoms with Gasteiger partial charge in [0, 0.05) is 26.9 Å². The fourth-order valence-corrected chi connectivity index (χ4v) is 2.73. The second kappa shape index (κ2) is 8.73. The minimum Gasteiger partial charge on any atom is -0.444 e. The van der Waals surface area contributed by atoms with Crippen molar-refractivity contribution in [3.63, 3.8) is 0 Å². The number of amides is 1. The Labute approximate surface area is 135 Å². The van der Waals surface area contributed by atoms with E-state index in [0.29, 0.717) is 6.54 Å². The number of carbonyl (C=O) groups is 1. The van der Waals surface area contributed by atoms with Crippen LogP contribution in [0.4, 0.5) is 4.79 Å². The molecule has 0 aromatic rings. The molecule has 1 saturated heterocycles. The van der Waals surface area contributed by atoms with Crippen LogP contribution in [0.2, 0.25) is 0 Å². The second-order valence-electron chi connectivity index (χ2n) is 7.09. The molecule has 1 unspecified atom stereocenters. The van der Waals surface area contributed by atoms with Crippen molar-refractivity contribution in [2.45, 2.75) is 71.0 Å². The summed E-state index contributed by atoms with van der Waals surface area (Å²) in [6.45, 7) is 10.7. The van der Waals surface area contributed by atoms with Crippen LogP contribution in [0.15, 0.2) is 0 Å². The molecule has 1 fully saturated rings. The maximum Gasteiger partial charge on any atom is 0.410 e. The molecule has 0 aromatic carbocycles. The molecule has 130 valence electrons. The Kier molecular flexibility index (Phi) is 7.63. The number of unbranched alkanes of at least 4 members (excludes halogenated alkanes) is 1. The fourth-order valence-electron chi connectivity index (χ4n) is 2.73. The van der Waals surface area contributed by atoms with E-state index >= 15 is 0 Å². The molecule has 1 amide bonds. The summed E-state index contributed by atoms with van der Waals surface area (Å²) >= 11 is 0. The fraction of sp³-hybridized carbons (Fsp3) is 0.941. The normalized spacial score (nSPS) is 22.7. The zero-order valence-electron chi connectivity index (χ0n) is 14.9. The topological polar surface area (TPSA) is 48.0 Å². The molecular weight excluding hydrogens is 282 g/mol. The summed E-state index contributed by atoms with van der Waals surface area (Å²) in [4.78, 5) is 14.1. The first-order chi connectivity index (χ1) is 10.3. The summed E-state index contributed by atoms with van der Waals surface area (Å²) in [6, 6.07) is 0. The van der Waals surface area contributed by atoms with Crippen molar-refractivity contribution >= 4 is 6.09 Å². The molecule has 1 atom stereocenters. The number of likely N-dealkylation sites (tertiary alicyclic amines) is 1. The van der Waals surface area contributed by atoms with Crippen molar-refractivity contribution in [1.29, 1.82) is 0 Å². The van der Waals surface area contributed by atoms with E-state index in [0.717, 1.165) is 51.9 Å². The highest BCUT2D eigenvalue weighted by Crippen LogP contribution is 2.29. The number of hydrogen-bond acceptors (Lipinski definition) is 4. The molecule has 1 aliphatic rings. The molecule has 5 nitrogen and oxygen atoms in total. The van der Waals surface area contributed by atoms with Crippen LogP contribution in [0.25, 0.3) is 0 Å². The number of nitrogens with zero attached hydrogens (tertiary/aromatic N) is 1. The van der Waals surface area contributed by atoms with Gasteiger partial charge in [0.2, 0.25) is 0 Å². The van der Waals surface area contributed by atoms with Crippen molar-refractivity contribution in [2.24, 2.45) is 0 Å². The first-order valence-corrected chi connectivity index (χ1v) is 8.43. The molecule has 0 spiro atoms. The molecule has 0 radical (unpaired) electrons. The molecule has 1 aliphatic heterocycles. The van der Waals surface area contributed by atoms with E-state index in [4.69, 9.17) is 14.2 Å². The Bertz CT molecular complexity index is 340. The van der Waals surface area contributed by atoms with Crippen LogP contribution in [-0.2, 0) is 14.2 Å². The second-order valence-corrected chi connectivity index (χ2v) is 7.09. The Balaban J connectivity index is 2.51. The molecule has 0 aromatic heterocycles. The molecule has 0 saturated carbocycles. The van der Waals surface area contributed by atoms with E-state index in [1.807, 2.05) is 20.8 Å². The lowest BCUT2D eigenvalue weighted by Gasteiger charge is -2.42. The smallest absolute Gasteiger partial charge is 0.410 e. The van der Waals surface area contributed by atoms with Crippen LogP contribution in [0.5, 0.6) is 0 Å². The van der Waals surface area contributed by atoms with Crippen LogP contribution >= 0.6 is 0 Å². The lowest BCUT2D eigenvalue weighted by Crippen LogP contribution is -2.52. The van der Waals surface area contributed by atoms with E-state index in [-0.39, 0.29) is 11.7 Å². The summed E-state index contributed by atoms with van der Waals surface area (Å²) < 4.78 is 16.7. The SMILES string of the molecule is CCC1(OCCCCOC)CCCN(C(=O)OC(C)(C)C)C1. The monoisotopic (exact) mass is 315 g/mol. The average molecular weight is 315 g/mol. The summed E-state index contributed by atoms with van der Waals surface area (Å²) in [7, 11) is 1.72. The first kappa shape index (κ1) is 19.2. The molecule has 1 rings (SSSR count). The van der Waals surface area contributed by atoms with Gasteiger partial charge in [-0.2, -0.15) is 0 Å². The van der Waals surface area contributed by atoms with Crippen molar-refractivity contribution in [2.75, 3.05) is 33.4 Å². The Morgan fingerprint density at radius 2 is 1.91 bits per heavy atom. The number of carbonyl (C=O) groups excluding carboxylic acids is 1. The summed E-state index contributed by atoms with van der Waals surface area (Å²) in [5.74, 6) is 0. The maximum absolute atomic E-state index is 12.3. The summed E-state index contributed by atoms with van der Waals surface area (Å²) in [5.41, 5.74) is -0.674. The van der Waals surface area contributed by atoms with Gasteiger partial charge in [-0.15, -0.1) is 0 Å². The summed E-state index contributed by atoms with van der Waals surface area (Å²) in [5, 5.41) is 0. The van der Waals surface area contributed by atoms with Crippen molar-refractivity contribution in [1.82, 2.24) is 4.90 Å². The molecule has 22 heavy (non-hydrogen) atoms. The van der Waals surface area contributed by atoms with Gasteiger partial charge in [-0.3, -0.25) is 0 Å². The molecule has 1 heterocycles. The van der Waals surface area contributed by atoms with Crippen LogP contribution in [0.3, 0.4) is 0 Å². The van der Waals surface area contributed by atoms with Gasteiger partial charge in [-0.25, -0.2) is 4.79 Å². The quantitative estimate of drug-likeness (QED) is 0.673. The Hall–Kier alpha value is -0.810. The maximum atomic E-state index is 12.3. The van der Waals surface area contributed by atoms with Gasteiger partial charge in [-0.1, -0.05) is 6.92 Å². The molecule has 5 heteroatoms. The highest BCUT2D eigenvalue weighted by molar-refractivity contribution is 5.68. The molecular formula is C17H33NO4. The Morgan fingerprint density at radius 1 is 1.23 bits per heavy atom. The first-order valence-electron chi connectivity index (χ1n) is 8.43. The third kappa shape index (κ3) is 6.53. The lowest BCUT2D eigenvalue weighted by atomic mass is 9.90. The number of hydrogen-bond donors (Lipinski definition) is 0. The number of ether oxygens (including phenoxy) is 3. The van der Waals surface area contributed by atoms with E-state index in [9.17, 15) is 4.79 Å². The number of methoxy groups -OCH3 is 1. The van der Waals surface area contributed by atoms with E-state index in [1.54, 1.807) is 12.0 Å². The van der Waals surface area contributed by atoms with Crippen molar-refractivity contribution in [3.8, 4) is 0 Å². The predicted molar refractivity (Wildman–Crippen MR) is 87.1 cm³/mol. The van der Waals surface area contributed by atoms with Gasteiger partial charge in [0.15, 0.2) is 0 Å². The number of piperidine rings is 1. The number of rotatable bonds is 7. The van der Waals surface area contributed by atoms with Gasteiger partial charge < -0.3 is 19.1 Å². The predicted octanol–water partition coefficient (Wildman–Crippen LogP) is 3.61. The van der Waals surface area contributed by atoms with Crippen LogP contribution in [0, 0.1) is 0 Å². The highest BCUT2D eigenvalue weighted by Gasteiger charge is 2.37. The van der Waals surface area contributed by atoms with Crippen LogP contribution in [-0.4, -0.2) is 55.6 Å². The van der Waals surface area contributed by atoms with E-state index < -0.39 is 5.60 Å². The van der Waals surface area contributed by atoms with Crippen molar-refractivity contribution in [3.05, 3.63) is 0 Å². The largest absolute Gasteiger partial charge is 0.444 e. The minimum atomic E-state index is -0.454. The van der Waals surface area contributed by atoms with Gasteiger partial charge in [0.05, 0.1) is 12.1 Å². The summed E-state index contributed by atoms with van der Waals surface area (Å²) in [6.07, 6.45) is 4.65. The van der Waals surface area contributed by atoms with Gasteiger partial charge in [0.1, 0.15) is 5.60 Å². The zero-order valence-corrected chi connectivity index (χ0v) is 14.9. The molecule has 0 bridgehead atoms. The van der Waals surface area contributed by atoms with Crippen molar-refractivity contribution < 1.29 is 19.0 Å². The van der Waals surface area contributed by atoms with E-state index in [1.165, 1.54) is 0 Å². The van der Waals surface area contributed by atoms with Crippen LogP contribution < -0.4 is 0 Å². The van der Waals surface area contributed by atoms with Gasteiger partial charge in [0.25, 0.3) is 0 Å². The highest BCUT2D eigenvalue weighted by atomic mass is 16.6. The standard InChI is InChI=1S/C17H33NO4/c1-6-17(21-13-8-7-12-20-5)10-9-11-18(14-17)15(19)22-16(2,3)4/h6-14H2,1-5H3. The van der Waals surface area contributed by atoms with Gasteiger partial charge in [-0.05, 0) is 52.9 Å². The Morgan fingerprint density at radius 3 is 2.50 bits per heavy atom. The zero-order chi connectivity index (χ0) is 16.6. The third-order valence-corrected chi connectivity index (χ3v) is 3.99. The molecule has 0 N–H and O–H groups in total. The van der Waals surface area contributed by atoms with Gasteiger partial charge >= 0.3 is 6.09 Å².